The van der Waals surface area contributed by atoms with Gasteiger partial charge >= 0.3 is 0 Å². The molecule has 0 unspecified atom stereocenters. The molecule has 3 aliphatic rings. The minimum atomic E-state index is 0.254. The molecule has 2 aliphatic heterocycles. The lowest BCUT2D eigenvalue weighted by Gasteiger charge is -2.34. The molecule has 7 heteroatoms. The van der Waals surface area contributed by atoms with E-state index in [1.165, 1.54) is 12.8 Å². The number of morpholine rings is 1. The average molecular weight is 348 g/mol. The molecule has 3 heterocycles. The van der Waals surface area contributed by atoms with Crippen LogP contribution in [0, 0.1) is 5.92 Å². The van der Waals surface area contributed by atoms with E-state index in [0.717, 1.165) is 51.6 Å². The first kappa shape index (κ1) is 17.0. The standard InChI is InChI=1S/C18H28N4O3/c1-13-11-22(12-15(13)21-7-9-24-10-8-21)17(23)4-2-3-16-19-18(20-25-16)14-5-6-14/h13-15H,2-12H2,1H3/t13-,15-/m0/s1. The van der Waals surface area contributed by atoms with Crippen LogP contribution in [0.4, 0.5) is 0 Å². The van der Waals surface area contributed by atoms with Crippen molar-refractivity contribution in [1.82, 2.24) is 19.9 Å². The van der Waals surface area contributed by atoms with Gasteiger partial charge in [0, 0.05) is 51.0 Å². The fourth-order valence-electron chi connectivity index (χ4n) is 3.96. The number of aromatic nitrogens is 2. The maximum Gasteiger partial charge on any atom is 0.226 e. The van der Waals surface area contributed by atoms with Crippen LogP contribution < -0.4 is 0 Å². The zero-order chi connectivity index (χ0) is 17.2. The first-order chi connectivity index (χ1) is 12.2. The van der Waals surface area contributed by atoms with E-state index >= 15 is 0 Å². The van der Waals surface area contributed by atoms with Gasteiger partial charge in [0.05, 0.1) is 13.2 Å². The van der Waals surface area contributed by atoms with Crippen LogP contribution in [0.25, 0.3) is 0 Å². The number of carbonyl (C=O) groups excluding carboxylic acids is 1. The molecule has 0 bridgehead atoms. The Morgan fingerprint density at radius 2 is 2.04 bits per heavy atom. The Balaban J connectivity index is 1.22. The van der Waals surface area contributed by atoms with Gasteiger partial charge in [-0.2, -0.15) is 4.98 Å². The first-order valence-electron chi connectivity index (χ1n) is 9.63. The summed E-state index contributed by atoms with van der Waals surface area (Å²) in [5, 5.41) is 4.03. The highest BCUT2D eigenvalue weighted by Gasteiger charge is 2.36. The van der Waals surface area contributed by atoms with Crippen LogP contribution in [0.5, 0.6) is 0 Å². The van der Waals surface area contributed by atoms with E-state index < -0.39 is 0 Å². The fourth-order valence-corrected chi connectivity index (χ4v) is 3.96. The van der Waals surface area contributed by atoms with Gasteiger partial charge in [-0.3, -0.25) is 9.69 Å². The summed E-state index contributed by atoms with van der Waals surface area (Å²) in [4.78, 5) is 21.5. The number of nitrogens with zero attached hydrogens (tertiary/aromatic N) is 4. The van der Waals surface area contributed by atoms with Gasteiger partial charge in [0.15, 0.2) is 5.82 Å². The molecule has 2 atom stereocenters. The number of likely N-dealkylation sites (tertiary alicyclic amines) is 1. The van der Waals surface area contributed by atoms with Crippen molar-refractivity contribution in [2.24, 2.45) is 5.92 Å². The normalized spacial score (nSPS) is 27.8. The highest BCUT2D eigenvalue weighted by atomic mass is 16.5. The first-order valence-corrected chi connectivity index (χ1v) is 9.63. The van der Waals surface area contributed by atoms with Gasteiger partial charge in [0.1, 0.15) is 0 Å². The van der Waals surface area contributed by atoms with Gasteiger partial charge in [-0.05, 0) is 25.2 Å². The van der Waals surface area contributed by atoms with Crippen molar-refractivity contribution in [3.05, 3.63) is 11.7 Å². The molecule has 1 aromatic heterocycles. The zero-order valence-corrected chi connectivity index (χ0v) is 15.0. The number of rotatable bonds is 6. The summed E-state index contributed by atoms with van der Waals surface area (Å²) in [5.41, 5.74) is 0. The predicted octanol–water partition coefficient (Wildman–Crippen LogP) is 1.45. The molecule has 2 saturated heterocycles. The summed E-state index contributed by atoms with van der Waals surface area (Å²) in [6.07, 6.45) is 4.38. The monoisotopic (exact) mass is 348 g/mol. The van der Waals surface area contributed by atoms with Gasteiger partial charge in [-0.15, -0.1) is 0 Å². The van der Waals surface area contributed by atoms with Crippen LogP contribution in [0.15, 0.2) is 4.52 Å². The van der Waals surface area contributed by atoms with Gasteiger partial charge in [0.2, 0.25) is 11.8 Å². The molecule has 1 aliphatic carbocycles. The molecule has 1 aromatic rings. The molecular weight excluding hydrogens is 320 g/mol. The van der Waals surface area contributed by atoms with Crippen molar-refractivity contribution >= 4 is 5.91 Å². The Hall–Kier alpha value is -1.47. The summed E-state index contributed by atoms with van der Waals surface area (Å²) in [7, 11) is 0. The lowest BCUT2D eigenvalue weighted by Crippen LogP contribution is -2.47. The third kappa shape index (κ3) is 4.03. The Morgan fingerprint density at radius 1 is 1.24 bits per heavy atom. The zero-order valence-electron chi connectivity index (χ0n) is 15.0. The van der Waals surface area contributed by atoms with E-state index in [4.69, 9.17) is 9.26 Å². The molecule has 25 heavy (non-hydrogen) atoms. The highest BCUT2D eigenvalue weighted by Crippen LogP contribution is 2.38. The molecule has 138 valence electrons. The molecule has 4 rings (SSSR count). The molecular formula is C18H28N4O3. The molecule has 0 spiro atoms. The van der Waals surface area contributed by atoms with Gasteiger partial charge in [-0.1, -0.05) is 12.1 Å². The molecule has 0 N–H and O–H groups in total. The maximum atomic E-state index is 12.5. The number of aryl methyl sites for hydroxylation is 1. The maximum absolute atomic E-state index is 12.5. The predicted molar refractivity (Wildman–Crippen MR) is 91.1 cm³/mol. The smallest absolute Gasteiger partial charge is 0.226 e. The Bertz CT molecular complexity index is 595. The van der Waals surface area contributed by atoms with Crippen molar-refractivity contribution in [3.8, 4) is 0 Å². The van der Waals surface area contributed by atoms with E-state index in [1.54, 1.807) is 0 Å². The number of hydrogen-bond acceptors (Lipinski definition) is 6. The minimum absolute atomic E-state index is 0.254. The van der Waals surface area contributed by atoms with E-state index in [0.29, 0.717) is 36.6 Å². The molecule has 1 saturated carbocycles. The van der Waals surface area contributed by atoms with Crippen LogP contribution in [0.1, 0.15) is 50.2 Å². The quantitative estimate of drug-likeness (QED) is 0.775. The van der Waals surface area contributed by atoms with E-state index in [9.17, 15) is 4.79 Å². The van der Waals surface area contributed by atoms with E-state index in [2.05, 4.69) is 22.0 Å². The van der Waals surface area contributed by atoms with Crippen molar-refractivity contribution in [2.45, 2.75) is 51.0 Å². The summed E-state index contributed by atoms with van der Waals surface area (Å²) < 4.78 is 10.7. The highest BCUT2D eigenvalue weighted by molar-refractivity contribution is 5.76. The lowest BCUT2D eigenvalue weighted by molar-refractivity contribution is -0.130. The largest absolute Gasteiger partial charge is 0.379 e. The average Bonchev–Trinajstić information content (AvgIpc) is 3.25. The summed E-state index contributed by atoms with van der Waals surface area (Å²) in [6.45, 7) is 7.56. The van der Waals surface area contributed by atoms with Crippen LogP contribution >= 0.6 is 0 Å². The minimum Gasteiger partial charge on any atom is -0.379 e. The molecule has 1 amide bonds. The molecule has 0 radical (unpaired) electrons. The van der Waals surface area contributed by atoms with Crippen molar-refractivity contribution in [3.63, 3.8) is 0 Å². The third-order valence-electron chi connectivity index (χ3n) is 5.65. The lowest BCUT2D eigenvalue weighted by atomic mass is 10.0. The van der Waals surface area contributed by atoms with Crippen LogP contribution in [-0.2, 0) is 16.0 Å². The fraction of sp³-hybridized carbons (Fsp3) is 0.833. The summed E-state index contributed by atoms with van der Waals surface area (Å²) in [6, 6.07) is 0.477. The Kier molecular flexibility index (Phi) is 5.03. The SMILES string of the molecule is C[C@H]1CN(C(=O)CCCc2nc(C3CC3)no2)C[C@@H]1N1CCOCC1. The van der Waals surface area contributed by atoms with E-state index in [1.807, 2.05) is 4.90 Å². The topological polar surface area (TPSA) is 71.7 Å². The summed E-state index contributed by atoms with van der Waals surface area (Å²) in [5.74, 6) is 2.82. The van der Waals surface area contributed by atoms with Gasteiger partial charge in [0.25, 0.3) is 0 Å². The van der Waals surface area contributed by atoms with Crippen molar-refractivity contribution in [1.29, 1.82) is 0 Å². The van der Waals surface area contributed by atoms with Crippen molar-refractivity contribution < 1.29 is 14.1 Å². The second-order valence-corrected chi connectivity index (χ2v) is 7.67. The van der Waals surface area contributed by atoms with Crippen LogP contribution in [0.2, 0.25) is 0 Å². The summed E-state index contributed by atoms with van der Waals surface area (Å²) >= 11 is 0. The van der Waals surface area contributed by atoms with Crippen LogP contribution in [-0.4, -0.2) is 71.3 Å². The number of hydrogen-bond donors (Lipinski definition) is 0. The number of amides is 1. The van der Waals surface area contributed by atoms with Crippen molar-refractivity contribution in [2.75, 3.05) is 39.4 Å². The number of ether oxygens (including phenoxy) is 1. The molecule has 0 aromatic carbocycles. The second kappa shape index (κ2) is 7.41. The molecule has 7 nitrogen and oxygen atoms in total. The Labute approximate surface area is 148 Å². The van der Waals surface area contributed by atoms with Gasteiger partial charge in [-0.25, -0.2) is 0 Å². The van der Waals surface area contributed by atoms with E-state index in [-0.39, 0.29) is 5.91 Å². The Morgan fingerprint density at radius 3 is 2.80 bits per heavy atom. The van der Waals surface area contributed by atoms with Gasteiger partial charge < -0.3 is 14.2 Å². The third-order valence-corrected chi connectivity index (χ3v) is 5.65. The number of carbonyl (C=O) groups is 1. The molecule has 3 fully saturated rings. The van der Waals surface area contributed by atoms with Crippen LogP contribution in [0.3, 0.4) is 0 Å². The second-order valence-electron chi connectivity index (χ2n) is 7.67.